The summed E-state index contributed by atoms with van der Waals surface area (Å²) in [5.74, 6) is 1.43. The minimum atomic E-state index is 0.206. The third-order valence-electron chi connectivity index (χ3n) is 3.63. The van der Waals surface area contributed by atoms with Gasteiger partial charge in [0.2, 0.25) is 5.91 Å². The highest BCUT2D eigenvalue weighted by molar-refractivity contribution is 5.77. The number of hydrogen-bond acceptors (Lipinski definition) is 3. The second-order valence-electron chi connectivity index (χ2n) is 4.99. The number of carbonyl (C=O) groups excluding carboxylic acids is 1. The maximum atomic E-state index is 12.2. The van der Waals surface area contributed by atoms with Gasteiger partial charge in [-0.3, -0.25) is 4.79 Å². The molecule has 1 heterocycles. The van der Waals surface area contributed by atoms with Crippen molar-refractivity contribution in [1.29, 1.82) is 0 Å². The monoisotopic (exact) mass is 262 g/mol. The van der Waals surface area contributed by atoms with E-state index >= 15 is 0 Å². The lowest BCUT2D eigenvalue weighted by molar-refractivity contribution is -0.130. The number of rotatable bonds is 5. The molecular formula is C15H22N2O2. The molecule has 4 heteroatoms. The maximum Gasteiger partial charge on any atom is 0.222 e. The smallest absolute Gasteiger partial charge is 0.222 e. The highest BCUT2D eigenvalue weighted by Gasteiger charge is 2.24. The topological polar surface area (TPSA) is 41.6 Å². The third kappa shape index (κ3) is 3.47. The number of amides is 1. The van der Waals surface area contributed by atoms with Gasteiger partial charge in [-0.15, -0.1) is 0 Å². The number of nitrogens with zero attached hydrogens (tertiary/aromatic N) is 1. The molecule has 1 aliphatic heterocycles. The minimum absolute atomic E-state index is 0.206. The van der Waals surface area contributed by atoms with Crippen molar-refractivity contribution in [3.63, 3.8) is 0 Å². The number of fused-ring (bicyclic) bond motifs is 1. The molecule has 0 saturated heterocycles. The van der Waals surface area contributed by atoms with Gasteiger partial charge >= 0.3 is 0 Å². The average molecular weight is 262 g/mol. The molecule has 0 spiro atoms. The third-order valence-corrected chi connectivity index (χ3v) is 3.63. The van der Waals surface area contributed by atoms with E-state index < -0.39 is 0 Å². The van der Waals surface area contributed by atoms with Crippen LogP contribution in [0.15, 0.2) is 24.3 Å². The summed E-state index contributed by atoms with van der Waals surface area (Å²) < 4.78 is 5.63. The molecule has 0 bridgehead atoms. The summed E-state index contributed by atoms with van der Waals surface area (Å²) in [5, 5.41) is 3.06. The molecule has 19 heavy (non-hydrogen) atoms. The van der Waals surface area contributed by atoms with Crippen LogP contribution >= 0.6 is 0 Å². The van der Waals surface area contributed by atoms with Crippen molar-refractivity contribution in [2.45, 2.75) is 18.8 Å². The van der Waals surface area contributed by atoms with E-state index in [-0.39, 0.29) is 11.8 Å². The average Bonchev–Trinajstić information content (AvgIpc) is 2.45. The van der Waals surface area contributed by atoms with Crippen molar-refractivity contribution in [1.82, 2.24) is 10.2 Å². The zero-order valence-electron chi connectivity index (χ0n) is 11.7. The lowest BCUT2D eigenvalue weighted by atomic mass is 9.90. The zero-order chi connectivity index (χ0) is 13.7. The lowest BCUT2D eigenvalue weighted by Crippen LogP contribution is -2.34. The SMILES string of the molecule is CNCCN(C)C(=O)CC1CCOc2ccccc21. The van der Waals surface area contributed by atoms with E-state index in [9.17, 15) is 4.79 Å². The number of carbonyl (C=O) groups is 1. The van der Waals surface area contributed by atoms with Crippen molar-refractivity contribution in [2.75, 3.05) is 33.8 Å². The van der Waals surface area contributed by atoms with Gasteiger partial charge in [-0.2, -0.15) is 0 Å². The fourth-order valence-corrected chi connectivity index (χ4v) is 2.40. The van der Waals surface area contributed by atoms with Gasteiger partial charge in [-0.1, -0.05) is 18.2 Å². The summed E-state index contributed by atoms with van der Waals surface area (Å²) in [6.07, 6.45) is 1.49. The summed E-state index contributed by atoms with van der Waals surface area (Å²) in [6.45, 7) is 2.28. The summed E-state index contributed by atoms with van der Waals surface area (Å²) in [6, 6.07) is 8.04. The van der Waals surface area contributed by atoms with Crippen LogP contribution in [0.3, 0.4) is 0 Å². The molecule has 1 atom stereocenters. The van der Waals surface area contributed by atoms with Crippen LogP contribution in [0.1, 0.15) is 24.3 Å². The molecule has 1 unspecified atom stereocenters. The first-order valence-corrected chi connectivity index (χ1v) is 6.82. The van der Waals surface area contributed by atoms with Crippen LogP contribution < -0.4 is 10.1 Å². The first-order valence-electron chi connectivity index (χ1n) is 6.82. The normalized spacial score (nSPS) is 17.5. The molecule has 1 amide bonds. The van der Waals surface area contributed by atoms with E-state index in [1.807, 2.05) is 32.3 Å². The number of ether oxygens (including phenoxy) is 1. The highest BCUT2D eigenvalue weighted by atomic mass is 16.5. The molecule has 1 N–H and O–H groups in total. The van der Waals surface area contributed by atoms with E-state index in [2.05, 4.69) is 11.4 Å². The summed E-state index contributed by atoms with van der Waals surface area (Å²) in [4.78, 5) is 14.0. The van der Waals surface area contributed by atoms with Crippen molar-refractivity contribution in [3.8, 4) is 5.75 Å². The van der Waals surface area contributed by atoms with E-state index in [0.717, 1.165) is 25.3 Å². The number of nitrogens with one attached hydrogen (secondary N) is 1. The second kappa shape index (κ2) is 6.57. The van der Waals surface area contributed by atoms with Crippen LogP contribution in [-0.4, -0.2) is 44.6 Å². The molecular weight excluding hydrogens is 240 g/mol. The molecule has 0 radical (unpaired) electrons. The maximum absolute atomic E-state index is 12.2. The van der Waals surface area contributed by atoms with Gasteiger partial charge < -0.3 is 15.0 Å². The summed E-state index contributed by atoms with van der Waals surface area (Å²) in [5.41, 5.74) is 1.17. The fraction of sp³-hybridized carbons (Fsp3) is 0.533. The van der Waals surface area contributed by atoms with Crippen LogP contribution in [0.4, 0.5) is 0 Å². The number of benzene rings is 1. The van der Waals surface area contributed by atoms with Crippen LogP contribution in [0.25, 0.3) is 0 Å². The molecule has 2 rings (SSSR count). The molecule has 0 aliphatic carbocycles. The summed E-state index contributed by atoms with van der Waals surface area (Å²) >= 11 is 0. The zero-order valence-corrected chi connectivity index (χ0v) is 11.7. The van der Waals surface area contributed by atoms with Crippen LogP contribution in [0, 0.1) is 0 Å². The van der Waals surface area contributed by atoms with Gasteiger partial charge in [0.05, 0.1) is 6.61 Å². The van der Waals surface area contributed by atoms with Crippen LogP contribution in [0.2, 0.25) is 0 Å². The number of hydrogen-bond donors (Lipinski definition) is 1. The standard InChI is InChI=1S/C15H22N2O2/c1-16-8-9-17(2)15(18)11-12-7-10-19-14-6-4-3-5-13(12)14/h3-6,12,16H,7-11H2,1-2H3. The highest BCUT2D eigenvalue weighted by Crippen LogP contribution is 2.35. The van der Waals surface area contributed by atoms with Crippen LogP contribution in [-0.2, 0) is 4.79 Å². The summed E-state index contributed by atoms with van der Waals surface area (Å²) in [7, 11) is 3.76. The molecule has 4 nitrogen and oxygen atoms in total. The predicted octanol–water partition coefficient (Wildman–Crippen LogP) is 1.62. The molecule has 104 valence electrons. The molecule has 1 aromatic rings. The number of para-hydroxylation sites is 1. The minimum Gasteiger partial charge on any atom is -0.493 e. The quantitative estimate of drug-likeness (QED) is 0.876. The molecule has 1 aliphatic rings. The van der Waals surface area contributed by atoms with Gasteiger partial charge in [-0.25, -0.2) is 0 Å². The van der Waals surface area contributed by atoms with Gasteiger partial charge in [0.15, 0.2) is 0 Å². The first kappa shape index (κ1) is 13.9. The lowest BCUT2D eigenvalue weighted by Gasteiger charge is -2.27. The van der Waals surface area contributed by atoms with Crippen molar-refractivity contribution >= 4 is 5.91 Å². The van der Waals surface area contributed by atoms with Gasteiger partial charge in [0, 0.05) is 26.6 Å². The molecule has 1 aromatic carbocycles. The van der Waals surface area contributed by atoms with Crippen LogP contribution in [0.5, 0.6) is 5.75 Å². The Bertz CT molecular complexity index is 434. The molecule has 0 saturated carbocycles. The Morgan fingerprint density at radius 3 is 3.05 bits per heavy atom. The van der Waals surface area contributed by atoms with Gasteiger partial charge in [0.25, 0.3) is 0 Å². The van der Waals surface area contributed by atoms with E-state index in [0.29, 0.717) is 13.0 Å². The van der Waals surface area contributed by atoms with Crippen molar-refractivity contribution in [3.05, 3.63) is 29.8 Å². The molecule has 0 aromatic heterocycles. The Morgan fingerprint density at radius 2 is 2.26 bits per heavy atom. The Labute approximate surface area is 114 Å². The Morgan fingerprint density at radius 1 is 1.47 bits per heavy atom. The van der Waals surface area contributed by atoms with Gasteiger partial charge in [-0.05, 0) is 31.0 Å². The largest absolute Gasteiger partial charge is 0.493 e. The first-order chi connectivity index (χ1) is 9.22. The number of likely N-dealkylation sites (N-methyl/N-ethyl adjacent to an activating group) is 2. The van der Waals surface area contributed by atoms with E-state index in [1.54, 1.807) is 4.90 Å². The Balaban J connectivity index is 1.98. The van der Waals surface area contributed by atoms with Crippen molar-refractivity contribution in [2.24, 2.45) is 0 Å². The Kier molecular flexibility index (Phi) is 4.80. The van der Waals surface area contributed by atoms with Gasteiger partial charge in [0.1, 0.15) is 5.75 Å². The molecule has 0 fully saturated rings. The van der Waals surface area contributed by atoms with E-state index in [4.69, 9.17) is 4.74 Å². The fourth-order valence-electron chi connectivity index (χ4n) is 2.40. The second-order valence-corrected chi connectivity index (χ2v) is 4.99. The Hall–Kier alpha value is -1.55. The predicted molar refractivity (Wildman–Crippen MR) is 75.5 cm³/mol. The van der Waals surface area contributed by atoms with Crippen molar-refractivity contribution < 1.29 is 9.53 Å². The van der Waals surface area contributed by atoms with E-state index in [1.165, 1.54) is 5.56 Å².